The van der Waals surface area contributed by atoms with Gasteiger partial charge in [-0.2, -0.15) is 0 Å². The second kappa shape index (κ2) is 5.83. The average molecular weight is 326 g/mol. The third-order valence-electron chi connectivity index (χ3n) is 2.37. The molecule has 0 aliphatic rings. The number of aromatic nitrogens is 2. The highest BCUT2D eigenvalue weighted by Gasteiger charge is 2.17. The number of aryl methyl sites for hydroxylation is 1. The van der Waals surface area contributed by atoms with Crippen LogP contribution in [0.5, 0.6) is 5.75 Å². The Bertz CT molecular complexity index is 585. The van der Waals surface area contributed by atoms with Gasteiger partial charge >= 0.3 is 0 Å². The van der Waals surface area contributed by atoms with Crippen molar-refractivity contribution in [2.75, 3.05) is 5.32 Å². The number of carbonyl (C=O) groups is 1. The van der Waals surface area contributed by atoms with Gasteiger partial charge in [0.05, 0.1) is 0 Å². The van der Waals surface area contributed by atoms with Crippen molar-refractivity contribution in [1.29, 1.82) is 0 Å². The van der Waals surface area contributed by atoms with Gasteiger partial charge in [-0.05, 0) is 37.2 Å². The SMILES string of the molecule is Cc1nonc1NC(=O)C(C)Oc1cccc(Br)c1. The zero-order valence-electron chi connectivity index (χ0n) is 10.4. The van der Waals surface area contributed by atoms with Gasteiger partial charge in [0.25, 0.3) is 5.91 Å². The molecule has 2 rings (SSSR count). The van der Waals surface area contributed by atoms with Gasteiger partial charge in [-0.15, -0.1) is 0 Å². The molecule has 2 aromatic rings. The Balaban J connectivity index is 1.98. The van der Waals surface area contributed by atoms with Crippen LogP contribution in [0.2, 0.25) is 0 Å². The molecule has 7 heteroatoms. The van der Waals surface area contributed by atoms with Crippen molar-refractivity contribution in [3.63, 3.8) is 0 Å². The topological polar surface area (TPSA) is 77.3 Å². The highest BCUT2D eigenvalue weighted by atomic mass is 79.9. The van der Waals surface area contributed by atoms with Crippen molar-refractivity contribution in [2.45, 2.75) is 20.0 Å². The van der Waals surface area contributed by atoms with Crippen LogP contribution in [0, 0.1) is 6.92 Å². The molecular formula is C12H12BrN3O3. The van der Waals surface area contributed by atoms with Crippen LogP contribution in [0.15, 0.2) is 33.4 Å². The zero-order valence-corrected chi connectivity index (χ0v) is 12.0. The maximum absolute atomic E-state index is 11.9. The Morgan fingerprint density at radius 1 is 1.47 bits per heavy atom. The fourth-order valence-corrected chi connectivity index (χ4v) is 1.74. The van der Waals surface area contributed by atoms with Crippen LogP contribution in [-0.4, -0.2) is 22.3 Å². The molecule has 1 aromatic carbocycles. The summed E-state index contributed by atoms with van der Waals surface area (Å²) in [4.78, 5) is 11.9. The van der Waals surface area contributed by atoms with Crippen LogP contribution in [0.25, 0.3) is 0 Å². The van der Waals surface area contributed by atoms with Gasteiger partial charge in [0.1, 0.15) is 11.4 Å². The number of ether oxygens (including phenoxy) is 1. The van der Waals surface area contributed by atoms with E-state index in [9.17, 15) is 4.79 Å². The molecule has 0 spiro atoms. The first kappa shape index (κ1) is 13.5. The van der Waals surface area contributed by atoms with Gasteiger partial charge in [0.2, 0.25) is 0 Å². The van der Waals surface area contributed by atoms with E-state index in [-0.39, 0.29) is 5.91 Å². The maximum Gasteiger partial charge on any atom is 0.266 e. The van der Waals surface area contributed by atoms with Crippen LogP contribution in [0.3, 0.4) is 0 Å². The Hall–Kier alpha value is -1.89. The summed E-state index contributed by atoms with van der Waals surface area (Å²) in [5.74, 6) is 0.584. The fraction of sp³-hybridized carbons (Fsp3) is 0.250. The molecule has 1 unspecified atom stereocenters. The average Bonchev–Trinajstić information content (AvgIpc) is 2.75. The Morgan fingerprint density at radius 2 is 2.26 bits per heavy atom. The predicted molar refractivity (Wildman–Crippen MR) is 71.9 cm³/mol. The van der Waals surface area contributed by atoms with Gasteiger partial charge in [-0.1, -0.05) is 27.2 Å². The highest BCUT2D eigenvalue weighted by molar-refractivity contribution is 9.10. The summed E-state index contributed by atoms with van der Waals surface area (Å²) >= 11 is 3.34. The summed E-state index contributed by atoms with van der Waals surface area (Å²) in [7, 11) is 0. The lowest BCUT2D eigenvalue weighted by Gasteiger charge is -2.13. The molecule has 0 fully saturated rings. The second-order valence-corrected chi connectivity index (χ2v) is 4.82. The Labute approximate surface area is 118 Å². The molecule has 1 aromatic heterocycles. The number of nitrogens with one attached hydrogen (secondary N) is 1. The molecule has 19 heavy (non-hydrogen) atoms. The van der Waals surface area contributed by atoms with E-state index in [0.29, 0.717) is 17.3 Å². The molecule has 0 bridgehead atoms. The minimum atomic E-state index is -0.662. The first-order valence-corrected chi connectivity index (χ1v) is 6.38. The van der Waals surface area contributed by atoms with Crippen LogP contribution >= 0.6 is 15.9 Å². The summed E-state index contributed by atoms with van der Waals surface area (Å²) in [6.45, 7) is 3.34. The second-order valence-electron chi connectivity index (χ2n) is 3.90. The number of anilines is 1. The van der Waals surface area contributed by atoms with Gasteiger partial charge in [-0.3, -0.25) is 4.79 Å². The number of hydrogen-bond donors (Lipinski definition) is 1. The summed E-state index contributed by atoms with van der Waals surface area (Å²) < 4.78 is 10.9. The monoisotopic (exact) mass is 325 g/mol. The third-order valence-corrected chi connectivity index (χ3v) is 2.87. The van der Waals surface area contributed by atoms with Crippen molar-refractivity contribution in [1.82, 2.24) is 10.3 Å². The van der Waals surface area contributed by atoms with Crippen molar-refractivity contribution in [3.8, 4) is 5.75 Å². The minimum absolute atomic E-state index is 0.301. The smallest absolute Gasteiger partial charge is 0.266 e. The van der Waals surface area contributed by atoms with Gasteiger partial charge in [0, 0.05) is 4.47 Å². The van der Waals surface area contributed by atoms with Crippen LogP contribution < -0.4 is 10.1 Å². The molecule has 1 heterocycles. The number of hydrogen-bond acceptors (Lipinski definition) is 5. The molecule has 0 aliphatic carbocycles. The number of amides is 1. The Kier molecular flexibility index (Phi) is 4.16. The molecule has 6 nitrogen and oxygen atoms in total. The molecular weight excluding hydrogens is 314 g/mol. The van der Waals surface area contributed by atoms with Gasteiger partial charge in [0.15, 0.2) is 11.9 Å². The lowest BCUT2D eigenvalue weighted by atomic mass is 10.3. The normalized spacial score (nSPS) is 11.9. The van der Waals surface area contributed by atoms with Gasteiger partial charge in [-0.25, -0.2) is 4.63 Å². The quantitative estimate of drug-likeness (QED) is 0.934. The minimum Gasteiger partial charge on any atom is -0.481 e. The van der Waals surface area contributed by atoms with E-state index in [2.05, 4.69) is 36.2 Å². The lowest BCUT2D eigenvalue weighted by Crippen LogP contribution is -2.30. The van der Waals surface area contributed by atoms with Crippen LogP contribution in [0.1, 0.15) is 12.6 Å². The van der Waals surface area contributed by atoms with E-state index in [1.54, 1.807) is 26.0 Å². The summed E-state index contributed by atoms with van der Waals surface area (Å²) in [6.07, 6.45) is -0.662. The summed E-state index contributed by atoms with van der Waals surface area (Å²) in [5, 5.41) is 9.74. The molecule has 0 saturated heterocycles. The number of benzene rings is 1. The first-order valence-electron chi connectivity index (χ1n) is 5.58. The third kappa shape index (κ3) is 3.54. The van der Waals surface area contributed by atoms with E-state index < -0.39 is 6.10 Å². The molecule has 100 valence electrons. The maximum atomic E-state index is 11.9. The molecule has 0 aliphatic heterocycles. The van der Waals surface area contributed by atoms with Crippen molar-refractivity contribution in [2.24, 2.45) is 0 Å². The number of halogens is 1. The summed E-state index contributed by atoms with van der Waals surface area (Å²) in [6, 6.07) is 7.27. The fourth-order valence-electron chi connectivity index (χ4n) is 1.36. The van der Waals surface area contributed by atoms with Crippen LogP contribution in [-0.2, 0) is 4.79 Å². The largest absolute Gasteiger partial charge is 0.481 e. The predicted octanol–water partition coefficient (Wildman–Crippen LogP) is 2.55. The lowest BCUT2D eigenvalue weighted by molar-refractivity contribution is -0.122. The summed E-state index contributed by atoms with van der Waals surface area (Å²) in [5.41, 5.74) is 0.517. The van der Waals surface area contributed by atoms with Gasteiger partial charge < -0.3 is 10.1 Å². The first-order chi connectivity index (χ1) is 9.06. The van der Waals surface area contributed by atoms with Crippen molar-refractivity contribution >= 4 is 27.7 Å². The van der Waals surface area contributed by atoms with E-state index in [1.165, 1.54) is 0 Å². The molecule has 0 saturated carbocycles. The van der Waals surface area contributed by atoms with E-state index in [0.717, 1.165) is 4.47 Å². The molecule has 1 amide bonds. The van der Waals surface area contributed by atoms with Crippen molar-refractivity contribution in [3.05, 3.63) is 34.4 Å². The number of carbonyl (C=O) groups excluding carboxylic acids is 1. The standard InChI is InChI=1S/C12H12BrN3O3/c1-7-11(16-19-15-7)14-12(17)8(2)18-10-5-3-4-9(13)6-10/h3-6,8H,1-2H3,(H,14,16,17). The van der Waals surface area contributed by atoms with Crippen molar-refractivity contribution < 1.29 is 14.2 Å². The van der Waals surface area contributed by atoms with E-state index in [4.69, 9.17) is 4.74 Å². The van der Waals surface area contributed by atoms with Crippen LogP contribution in [0.4, 0.5) is 5.82 Å². The van der Waals surface area contributed by atoms with E-state index >= 15 is 0 Å². The molecule has 1 atom stereocenters. The Morgan fingerprint density at radius 3 is 2.89 bits per heavy atom. The van der Waals surface area contributed by atoms with E-state index in [1.807, 2.05) is 12.1 Å². The molecule has 1 N–H and O–H groups in total. The number of rotatable bonds is 4. The zero-order chi connectivity index (χ0) is 13.8. The highest BCUT2D eigenvalue weighted by Crippen LogP contribution is 2.19. The molecule has 0 radical (unpaired) electrons. The number of nitrogens with zero attached hydrogens (tertiary/aromatic N) is 2.